The van der Waals surface area contributed by atoms with Gasteiger partial charge in [-0.1, -0.05) is 28.1 Å². The van der Waals surface area contributed by atoms with Crippen LogP contribution in [0.5, 0.6) is 0 Å². The highest BCUT2D eigenvalue weighted by Crippen LogP contribution is 2.21. The van der Waals surface area contributed by atoms with Crippen LogP contribution in [-0.2, 0) is 14.3 Å². The summed E-state index contributed by atoms with van der Waals surface area (Å²) in [6.07, 6.45) is 0.469. The molecule has 3 N–H and O–H groups in total. The van der Waals surface area contributed by atoms with Crippen molar-refractivity contribution < 1.29 is 19.1 Å². The van der Waals surface area contributed by atoms with Gasteiger partial charge >= 0.3 is 6.09 Å². The van der Waals surface area contributed by atoms with Gasteiger partial charge in [0.25, 0.3) is 0 Å². The van der Waals surface area contributed by atoms with E-state index in [1.807, 2.05) is 24.3 Å². The van der Waals surface area contributed by atoms with E-state index in [0.29, 0.717) is 5.82 Å². The number of aromatic amines is 1. The van der Waals surface area contributed by atoms with Gasteiger partial charge in [-0.05, 0) is 31.5 Å². The van der Waals surface area contributed by atoms with Crippen molar-refractivity contribution in [2.75, 3.05) is 14.2 Å². The molecule has 1 aromatic carbocycles. The number of nitrogens with one attached hydrogen (secondary N) is 3. The van der Waals surface area contributed by atoms with Crippen molar-refractivity contribution in [2.24, 2.45) is 0 Å². The number of benzene rings is 1. The molecular weight excluding hydrogens is 416 g/mol. The fourth-order valence-electron chi connectivity index (χ4n) is 2.42. The number of rotatable bonds is 7. The maximum atomic E-state index is 12.6. The number of H-pyrrole nitrogens is 1. The SMILES string of the molecule is COC(=O)N[C@H](C(=O)N[C@@H](C)c1ncc(-c2ccc(Br)cc2)[nH]1)[C@@H](C)OC. The number of methoxy groups -OCH3 is 2. The Kier molecular flexibility index (Phi) is 7.37. The van der Waals surface area contributed by atoms with E-state index in [4.69, 9.17) is 4.74 Å². The summed E-state index contributed by atoms with van der Waals surface area (Å²) in [6.45, 7) is 3.48. The number of imidazole rings is 1. The molecule has 0 aliphatic rings. The molecule has 8 nitrogen and oxygen atoms in total. The average molecular weight is 439 g/mol. The smallest absolute Gasteiger partial charge is 0.407 e. The summed E-state index contributed by atoms with van der Waals surface area (Å²) in [7, 11) is 2.70. The Bertz CT molecular complexity index is 778. The summed E-state index contributed by atoms with van der Waals surface area (Å²) in [5, 5.41) is 5.30. The van der Waals surface area contributed by atoms with Gasteiger partial charge in [-0.25, -0.2) is 9.78 Å². The third-order valence-corrected chi connectivity index (χ3v) is 4.63. The number of carbonyl (C=O) groups excluding carboxylic acids is 2. The summed E-state index contributed by atoms with van der Waals surface area (Å²) in [6, 6.07) is 6.51. The molecular formula is C18H23BrN4O4. The second kappa shape index (κ2) is 9.52. The van der Waals surface area contributed by atoms with E-state index in [0.717, 1.165) is 15.7 Å². The quantitative estimate of drug-likeness (QED) is 0.616. The van der Waals surface area contributed by atoms with Crippen molar-refractivity contribution in [1.82, 2.24) is 20.6 Å². The summed E-state index contributed by atoms with van der Waals surface area (Å²) >= 11 is 3.40. The predicted molar refractivity (Wildman–Crippen MR) is 104 cm³/mol. The maximum Gasteiger partial charge on any atom is 0.407 e. The molecule has 0 saturated heterocycles. The first-order valence-electron chi connectivity index (χ1n) is 8.34. The first-order chi connectivity index (χ1) is 12.8. The molecule has 0 saturated carbocycles. The van der Waals surface area contributed by atoms with Crippen LogP contribution in [0.1, 0.15) is 25.7 Å². The monoisotopic (exact) mass is 438 g/mol. The highest BCUT2D eigenvalue weighted by atomic mass is 79.9. The van der Waals surface area contributed by atoms with Crippen LogP contribution >= 0.6 is 15.9 Å². The van der Waals surface area contributed by atoms with E-state index in [1.165, 1.54) is 14.2 Å². The first kappa shape index (κ1) is 20.9. The molecule has 0 unspecified atom stereocenters. The van der Waals surface area contributed by atoms with E-state index in [2.05, 4.69) is 41.3 Å². The molecule has 1 aromatic heterocycles. The van der Waals surface area contributed by atoms with E-state index < -0.39 is 30.2 Å². The highest BCUT2D eigenvalue weighted by Gasteiger charge is 2.29. The van der Waals surface area contributed by atoms with Crippen molar-refractivity contribution in [3.05, 3.63) is 40.8 Å². The lowest BCUT2D eigenvalue weighted by Gasteiger charge is -2.24. The van der Waals surface area contributed by atoms with Crippen molar-refractivity contribution in [3.63, 3.8) is 0 Å². The van der Waals surface area contributed by atoms with Gasteiger partial charge in [0.1, 0.15) is 11.9 Å². The second-order valence-corrected chi connectivity index (χ2v) is 6.89. The Morgan fingerprint density at radius 2 is 1.81 bits per heavy atom. The van der Waals surface area contributed by atoms with E-state index in [9.17, 15) is 9.59 Å². The molecule has 27 heavy (non-hydrogen) atoms. The van der Waals surface area contributed by atoms with E-state index in [1.54, 1.807) is 20.0 Å². The van der Waals surface area contributed by atoms with Crippen molar-refractivity contribution >= 4 is 27.9 Å². The Labute approximate surface area is 166 Å². The lowest BCUT2D eigenvalue weighted by Crippen LogP contribution is -2.53. The number of ether oxygens (including phenoxy) is 2. The Morgan fingerprint density at radius 3 is 2.41 bits per heavy atom. The second-order valence-electron chi connectivity index (χ2n) is 5.97. The molecule has 146 valence electrons. The van der Waals surface area contributed by atoms with Crippen LogP contribution in [0, 0.1) is 0 Å². The molecule has 1 heterocycles. The topological polar surface area (TPSA) is 105 Å². The molecule has 0 bridgehead atoms. The standard InChI is InChI=1S/C18H23BrN4O4/c1-10(21-17(24)15(11(2)26-3)23-18(25)27-4)16-20-9-14(22-16)12-5-7-13(19)8-6-12/h5-11,15H,1-4H3,(H,20,22)(H,21,24)(H,23,25)/t10-,11+,15-/m0/s1. The van der Waals surface area contributed by atoms with Gasteiger partial charge in [-0.3, -0.25) is 4.79 Å². The third-order valence-electron chi connectivity index (χ3n) is 4.10. The van der Waals surface area contributed by atoms with Crippen molar-refractivity contribution in [1.29, 1.82) is 0 Å². The lowest BCUT2D eigenvalue weighted by molar-refractivity contribution is -0.126. The van der Waals surface area contributed by atoms with Crippen molar-refractivity contribution in [2.45, 2.75) is 32.0 Å². The Morgan fingerprint density at radius 1 is 1.15 bits per heavy atom. The van der Waals surface area contributed by atoms with Gasteiger partial charge in [0.15, 0.2) is 0 Å². The first-order valence-corrected chi connectivity index (χ1v) is 9.13. The molecule has 0 aliphatic carbocycles. The number of halogens is 1. The van der Waals surface area contributed by atoms with Crippen LogP contribution in [0.2, 0.25) is 0 Å². The Hall–Kier alpha value is -2.39. The van der Waals surface area contributed by atoms with E-state index in [-0.39, 0.29) is 0 Å². The molecule has 0 radical (unpaired) electrons. The largest absolute Gasteiger partial charge is 0.453 e. The third kappa shape index (κ3) is 5.54. The zero-order valence-corrected chi connectivity index (χ0v) is 17.2. The van der Waals surface area contributed by atoms with Crippen LogP contribution < -0.4 is 10.6 Å². The minimum atomic E-state index is -0.897. The summed E-state index contributed by atoms with van der Waals surface area (Å²) in [5.74, 6) is 0.201. The zero-order valence-electron chi connectivity index (χ0n) is 15.6. The minimum Gasteiger partial charge on any atom is -0.453 e. The summed E-state index contributed by atoms with van der Waals surface area (Å²) < 4.78 is 10.7. The number of amides is 2. The number of hydrogen-bond donors (Lipinski definition) is 3. The number of hydrogen-bond acceptors (Lipinski definition) is 5. The van der Waals surface area contributed by atoms with Gasteiger partial charge in [-0.15, -0.1) is 0 Å². The number of aromatic nitrogens is 2. The molecule has 3 atom stereocenters. The lowest BCUT2D eigenvalue weighted by atomic mass is 10.1. The molecule has 2 rings (SSSR count). The molecule has 9 heteroatoms. The van der Waals surface area contributed by atoms with Gasteiger partial charge in [-0.2, -0.15) is 0 Å². The fourth-order valence-corrected chi connectivity index (χ4v) is 2.69. The van der Waals surface area contributed by atoms with Crippen molar-refractivity contribution in [3.8, 4) is 11.3 Å². The van der Waals surface area contributed by atoms with Crippen LogP contribution in [0.3, 0.4) is 0 Å². The molecule has 0 spiro atoms. The molecule has 0 fully saturated rings. The summed E-state index contributed by atoms with van der Waals surface area (Å²) in [5.41, 5.74) is 1.82. The van der Waals surface area contributed by atoms with Crippen LogP contribution in [0.15, 0.2) is 34.9 Å². The fraction of sp³-hybridized carbons (Fsp3) is 0.389. The highest BCUT2D eigenvalue weighted by molar-refractivity contribution is 9.10. The van der Waals surface area contributed by atoms with Crippen LogP contribution in [0.25, 0.3) is 11.3 Å². The van der Waals surface area contributed by atoms with Gasteiger partial charge in [0.05, 0.1) is 31.1 Å². The van der Waals surface area contributed by atoms with Crippen LogP contribution in [-0.4, -0.2) is 48.3 Å². The molecule has 2 aromatic rings. The summed E-state index contributed by atoms with van der Waals surface area (Å²) in [4.78, 5) is 31.6. The Balaban J connectivity index is 2.08. The molecule has 2 amide bonds. The number of alkyl carbamates (subject to hydrolysis) is 1. The van der Waals surface area contributed by atoms with Crippen LogP contribution in [0.4, 0.5) is 4.79 Å². The minimum absolute atomic E-state index is 0.396. The van der Waals surface area contributed by atoms with Gasteiger partial charge < -0.3 is 25.1 Å². The molecule has 0 aliphatic heterocycles. The average Bonchev–Trinajstić information content (AvgIpc) is 3.16. The zero-order chi connectivity index (χ0) is 20.0. The van der Waals surface area contributed by atoms with Gasteiger partial charge in [0, 0.05) is 11.6 Å². The number of carbonyl (C=O) groups is 2. The normalized spacial score (nSPS) is 14.1. The van der Waals surface area contributed by atoms with E-state index >= 15 is 0 Å². The maximum absolute atomic E-state index is 12.6. The predicted octanol–water partition coefficient (Wildman–Crippen LogP) is 2.78. The van der Waals surface area contributed by atoms with Gasteiger partial charge in [0.2, 0.25) is 5.91 Å². The number of nitrogens with zero attached hydrogens (tertiary/aromatic N) is 1.